The Bertz CT molecular complexity index is 3290. The largest absolute Gasteiger partial charge is 0.454 e. The Labute approximate surface area is 303 Å². The van der Waals surface area contributed by atoms with Crippen LogP contribution in [0.15, 0.2) is 174 Å². The van der Waals surface area contributed by atoms with Crippen LogP contribution in [0.3, 0.4) is 0 Å². The minimum absolute atomic E-state index is 0.856. The average Bonchev–Trinajstić information content (AvgIpc) is 3.78. The molecule has 0 amide bonds. The third kappa shape index (κ3) is 3.96. The van der Waals surface area contributed by atoms with Crippen molar-refractivity contribution < 1.29 is 4.42 Å². The van der Waals surface area contributed by atoms with E-state index < -0.39 is 0 Å². The quantitative estimate of drug-likeness (QED) is 0.187. The molecule has 12 rings (SSSR count). The summed E-state index contributed by atoms with van der Waals surface area (Å²) < 4.78 is 9.31. The number of hydrogen-bond donors (Lipinski definition) is 0. The van der Waals surface area contributed by atoms with Gasteiger partial charge in [-0.05, 0) is 53.9 Å². The molecule has 0 aliphatic carbocycles. The molecule has 5 nitrogen and oxygen atoms in total. The topological polar surface area (TPSA) is 47.1 Å². The highest BCUT2D eigenvalue weighted by Crippen LogP contribution is 2.54. The Kier molecular flexibility index (Phi) is 5.71. The van der Waals surface area contributed by atoms with Gasteiger partial charge in [0, 0.05) is 43.7 Å². The summed E-state index contributed by atoms with van der Waals surface area (Å²) in [5.74, 6) is 0. The predicted octanol–water partition coefficient (Wildman–Crippen LogP) is 12.9. The number of furan rings is 1. The van der Waals surface area contributed by atoms with Crippen molar-refractivity contribution in [1.29, 1.82) is 0 Å². The van der Waals surface area contributed by atoms with Crippen LogP contribution in [0.2, 0.25) is 0 Å². The maximum absolute atomic E-state index is 6.85. The van der Waals surface area contributed by atoms with Crippen LogP contribution in [-0.2, 0) is 0 Å². The molecule has 53 heavy (non-hydrogen) atoms. The van der Waals surface area contributed by atoms with E-state index >= 15 is 0 Å². The number of para-hydroxylation sites is 5. The van der Waals surface area contributed by atoms with Crippen LogP contribution in [-0.4, -0.2) is 14.5 Å². The van der Waals surface area contributed by atoms with Crippen LogP contribution in [0, 0.1) is 0 Å². The molecule has 4 heterocycles. The van der Waals surface area contributed by atoms with Gasteiger partial charge in [-0.3, -0.25) is 0 Å². The van der Waals surface area contributed by atoms with Crippen LogP contribution in [0.4, 0.5) is 17.1 Å². The molecule has 0 saturated carbocycles. The van der Waals surface area contributed by atoms with Crippen molar-refractivity contribution in [3.8, 4) is 28.2 Å². The zero-order valence-corrected chi connectivity index (χ0v) is 28.4. The molecule has 11 aromatic rings. The fourth-order valence-corrected chi connectivity index (χ4v) is 8.54. The molecule has 0 spiro atoms. The fourth-order valence-electron chi connectivity index (χ4n) is 8.54. The normalized spacial score (nSPS) is 12.5. The Hall–Kier alpha value is -7.24. The molecule has 0 radical (unpaired) electrons. The van der Waals surface area contributed by atoms with E-state index in [4.69, 9.17) is 14.4 Å². The van der Waals surface area contributed by atoms with Gasteiger partial charge in [0.25, 0.3) is 0 Å². The van der Waals surface area contributed by atoms with Gasteiger partial charge in [0.05, 0.1) is 44.8 Å². The molecule has 0 unspecified atom stereocenters. The summed E-state index contributed by atoms with van der Waals surface area (Å²) in [5.41, 5.74) is 13.9. The molecule has 0 N–H and O–H groups in total. The Morgan fingerprint density at radius 1 is 0.434 bits per heavy atom. The van der Waals surface area contributed by atoms with Crippen LogP contribution >= 0.6 is 0 Å². The molecule has 8 aromatic carbocycles. The molecule has 0 atom stereocenters. The number of rotatable bonds is 3. The van der Waals surface area contributed by atoms with Crippen molar-refractivity contribution in [2.24, 2.45) is 0 Å². The van der Waals surface area contributed by atoms with Gasteiger partial charge in [-0.15, -0.1) is 0 Å². The summed E-state index contributed by atoms with van der Waals surface area (Å²) >= 11 is 0. The van der Waals surface area contributed by atoms with Crippen molar-refractivity contribution in [3.63, 3.8) is 0 Å². The first-order chi connectivity index (χ1) is 26.3. The van der Waals surface area contributed by atoms with Crippen molar-refractivity contribution in [3.05, 3.63) is 170 Å². The van der Waals surface area contributed by atoms with Gasteiger partial charge in [-0.1, -0.05) is 121 Å². The lowest BCUT2D eigenvalue weighted by atomic mass is 10.0. The number of aromatic nitrogens is 3. The molecule has 1 aliphatic heterocycles. The van der Waals surface area contributed by atoms with E-state index in [2.05, 4.69) is 131 Å². The molecule has 1 aliphatic rings. The molecule has 0 fully saturated rings. The molecular weight excluding hydrogens is 649 g/mol. The summed E-state index contributed by atoms with van der Waals surface area (Å²) in [7, 11) is 0. The first kappa shape index (κ1) is 28.5. The van der Waals surface area contributed by atoms with Crippen molar-refractivity contribution in [2.75, 3.05) is 4.90 Å². The molecule has 0 bridgehead atoms. The summed E-state index contributed by atoms with van der Waals surface area (Å²) in [4.78, 5) is 12.7. The summed E-state index contributed by atoms with van der Waals surface area (Å²) in [6.45, 7) is 0. The molecule has 3 aromatic heterocycles. The van der Waals surface area contributed by atoms with Crippen LogP contribution < -0.4 is 4.90 Å². The predicted molar refractivity (Wildman–Crippen MR) is 218 cm³/mol. The Morgan fingerprint density at radius 2 is 1.08 bits per heavy atom. The molecule has 0 saturated heterocycles. The smallest absolute Gasteiger partial charge is 0.161 e. The minimum Gasteiger partial charge on any atom is -0.454 e. The van der Waals surface area contributed by atoms with E-state index in [1.807, 2.05) is 48.5 Å². The lowest BCUT2D eigenvalue weighted by Gasteiger charge is -2.33. The second-order valence-corrected chi connectivity index (χ2v) is 13.8. The van der Waals surface area contributed by atoms with Crippen molar-refractivity contribution in [1.82, 2.24) is 14.5 Å². The van der Waals surface area contributed by atoms with Gasteiger partial charge in [0.1, 0.15) is 11.3 Å². The zero-order valence-electron chi connectivity index (χ0n) is 28.4. The second kappa shape index (κ2) is 10.6. The Morgan fingerprint density at radius 3 is 1.87 bits per heavy atom. The number of fused-ring (bicyclic) bond motifs is 12. The summed E-state index contributed by atoms with van der Waals surface area (Å²) in [6, 6.07) is 59.8. The SMILES string of the molecule is c1ccc(-c2nc3ccccc3nc2-c2ccc(N3c4ccccc4-n4c5c3c3oc6ccccc6c3cc5c3ccc5ccccc5c34)cc2)cc1. The van der Waals surface area contributed by atoms with E-state index in [0.29, 0.717) is 0 Å². The van der Waals surface area contributed by atoms with E-state index in [1.54, 1.807) is 0 Å². The lowest BCUT2D eigenvalue weighted by molar-refractivity contribution is 0.669. The summed E-state index contributed by atoms with van der Waals surface area (Å²) in [5, 5.41) is 7.09. The van der Waals surface area contributed by atoms with Gasteiger partial charge < -0.3 is 13.9 Å². The molecule has 246 valence electrons. The average molecular weight is 677 g/mol. The first-order valence-corrected chi connectivity index (χ1v) is 17.9. The monoisotopic (exact) mass is 676 g/mol. The molecular formula is C48H28N4O. The third-order valence-corrected chi connectivity index (χ3v) is 10.9. The van der Waals surface area contributed by atoms with Gasteiger partial charge in [-0.2, -0.15) is 0 Å². The van der Waals surface area contributed by atoms with E-state index in [-0.39, 0.29) is 0 Å². The van der Waals surface area contributed by atoms with Crippen LogP contribution in [0.5, 0.6) is 0 Å². The number of benzene rings is 8. The number of hydrogen-bond acceptors (Lipinski definition) is 4. The van der Waals surface area contributed by atoms with Gasteiger partial charge >= 0.3 is 0 Å². The van der Waals surface area contributed by atoms with Crippen LogP contribution in [0.1, 0.15) is 0 Å². The third-order valence-electron chi connectivity index (χ3n) is 10.9. The van der Waals surface area contributed by atoms with Gasteiger partial charge in [0.2, 0.25) is 0 Å². The second-order valence-electron chi connectivity index (χ2n) is 13.8. The maximum atomic E-state index is 6.85. The van der Waals surface area contributed by atoms with Crippen molar-refractivity contribution >= 4 is 82.6 Å². The lowest BCUT2D eigenvalue weighted by Crippen LogP contribution is -2.18. The minimum atomic E-state index is 0.856. The maximum Gasteiger partial charge on any atom is 0.161 e. The highest BCUT2D eigenvalue weighted by molar-refractivity contribution is 6.29. The van der Waals surface area contributed by atoms with Crippen molar-refractivity contribution in [2.45, 2.75) is 0 Å². The highest BCUT2D eigenvalue weighted by Gasteiger charge is 2.33. The standard InChI is InChI=1S/C48H28N4O/c1-2-13-30(14-3-1)43-44(50-39-18-8-7-17-38(39)49-43)31-22-25-32(26-23-31)51-40-19-9-10-20-41(40)52-45-33-15-5-4-12-29(33)24-27-35(45)36-28-37-34-16-6-11-21-42(34)53-48(37)47(51)46(36)52/h1-28H. The zero-order chi connectivity index (χ0) is 34.6. The van der Waals surface area contributed by atoms with Gasteiger partial charge in [0.15, 0.2) is 5.58 Å². The molecule has 5 heteroatoms. The van der Waals surface area contributed by atoms with Crippen LogP contribution in [0.25, 0.3) is 93.8 Å². The summed E-state index contributed by atoms with van der Waals surface area (Å²) in [6.07, 6.45) is 0. The number of nitrogens with zero attached hydrogens (tertiary/aromatic N) is 4. The number of anilines is 3. The van der Waals surface area contributed by atoms with E-state index in [1.165, 1.54) is 27.1 Å². The van der Waals surface area contributed by atoms with Gasteiger partial charge in [-0.25, -0.2) is 9.97 Å². The fraction of sp³-hybridized carbons (Fsp3) is 0. The van der Waals surface area contributed by atoms with E-state index in [0.717, 1.165) is 83.8 Å². The first-order valence-electron chi connectivity index (χ1n) is 17.9. The highest BCUT2D eigenvalue weighted by atomic mass is 16.3. The van der Waals surface area contributed by atoms with E-state index in [9.17, 15) is 0 Å². The Balaban J connectivity index is 1.15.